The number of likely N-dealkylation sites (N-methyl/N-ethyl adjacent to an activating group) is 1. The van der Waals surface area contributed by atoms with Crippen molar-refractivity contribution >= 4 is 38.2 Å². The molecule has 0 aliphatic rings. The van der Waals surface area contributed by atoms with Crippen LogP contribution in [0, 0.1) is 0 Å². The quantitative estimate of drug-likeness (QED) is 0.593. The number of para-hydroxylation sites is 1. The Bertz CT molecular complexity index is 1100. The van der Waals surface area contributed by atoms with Crippen LogP contribution in [0.4, 0.5) is 0 Å². The summed E-state index contributed by atoms with van der Waals surface area (Å²) in [6, 6.07) is 9.25. The van der Waals surface area contributed by atoms with E-state index in [0.717, 1.165) is 27.8 Å². The second-order valence-corrected chi connectivity index (χ2v) is 9.30. The van der Waals surface area contributed by atoms with Crippen molar-refractivity contribution in [1.29, 1.82) is 0 Å². The fourth-order valence-corrected chi connectivity index (χ4v) is 5.60. The lowest BCUT2D eigenvalue weighted by Gasteiger charge is -2.24. The topological polar surface area (TPSA) is 80.6 Å². The van der Waals surface area contributed by atoms with E-state index in [1.807, 2.05) is 61.1 Å². The molecule has 0 radical (unpaired) electrons. The van der Waals surface area contributed by atoms with E-state index >= 15 is 0 Å². The van der Waals surface area contributed by atoms with Crippen LogP contribution in [0.5, 0.6) is 0 Å². The van der Waals surface area contributed by atoms with Gasteiger partial charge >= 0.3 is 5.97 Å². The average Bonchev–Trinajstić information content (AvgIpc) is 3.28. The number of carbonyl (C=O) groups is 1. The molecule has 0 aliphatic heterocycles. The number of carbonyl (C=O) groups excluding carboxylic acids is 1. The highest BCUT2D eigenvalue weighted by molar-refractivity contribution is 7.89. The van der Waals surface area contributed by atoms with Gasteiger partial charge in [-0.1, -0.05) is 18.2 Å². The normalized spacial score (nSPS) is 13.2. The van der Waals surface area contributed by atoms with Crippen LogP contribution in [-0.4, -0.2) is 51.6 Å². The molecule has 1 aromatic carbocycles. The lowest BCUT2D eigenvalue weighted by atomic mass is 10.1. The van der Waals surface area contributed by atoms with Gasteiger partial charge in [0.25, 0.3) is 0 Å². The summed E-state index contributed by atoms with van der Waals surface area (Å²) < 4.78 is 35.0. The zero-order valence-electron chi connectivity index (χ0n) is 16.2. The summed E-state index contributed by atoms with van der Waals surface area (Å²) in [5.41, 5.74) is 2.11. The molecular formula is C19H23N3O4S2. The number of aromatic nitrogens is 1. The molecule has 28 heavy (non-hydrogen) atoms. The SMILES string of the molecule is COC(=O)c1sccc1S(=O)(=O)NC[C@@H](c1cn(C)c2ccccc12)N(C)C. The molecule has 7 nitrogen and oxygen atoms in total. The van der Waals surface area contributed by atoms with Crippen LogP contribution in [0.15, 0.2) is 46.8 Å². The molecule has 9 heteroatoms. The van der Waals surface area contributed by atoms with Gasteiger partial charge in [0.05, 0.1) is 7.11 Å². The number of methoxy groups -OCH3 is 1. The van der Waals surface area contributed by atoms with Gasteiger partial charge in [0.1, 0.15) is 9.77 Å². The van der Waals surface area contributed by atoms with Crippen LogP contribution in [0.3, 0.4) is 0 Å². The molecule has 1 atom stereocenters. The summed E-state index contributed by atoms with van der Waals surface area (Å²) in [6.45, 7) is 0.166. The summed E-state index contributed by atoms with van der Waals surface area (Å²) in [4.78, 5) is 13.8. The molecule has 3 aromatic rings. The minimum Gasteiger partial charge on any atom is -0.465 e. The number of fused-ring (bicyclic) bond motifs is 1. The summed E-state index contributed by atoms with van der Waals surface area (Å²) in [5.74, 6) is -0.659. The first-order valence-corrected chi connectivity index (χ1v) is 11.0. The molecule has 1 N–H and O–H groups in total. The summed E-state index contributed by atoms with van der Waals surface area (Å²) in [7, 11) is 3.16. The van der Waals surface area contributed by atoms with Crippen molar-refractivity contribution in [3.63, 3.8) is 0 Å². The maximum atomic E-state index is 12.8. The van der Waals surface area contributed by atoms with E-state index in [4.69, 9.17) is 0 Å². The number of nitrogens with one attached hydrogen (secondary N) is 1. The predicted octanol–water partition coefficient (Wildman–Crippen LogP) is 2.61. The van der Waals surface area contributed by atoms with Gasteiger partial charge < -0.3 is 14.2 Å². The van der Waals surface area contributed by atoms with Gasteiger partial charge in [-0.15, -0.1) is 11.3 Å². The van der Waals surface area contributed by atoms with Gasteiger partial charge in [0, 0.05) is 36.7 Å². The standard InChI is InChI=1S/C19H23N3O4S2/c1-21(2)16(14-12-22(3)15-8-6-5-7-13(14)15)11-20-28(24,25)17-9-10-27-18(17)19(23)26-4/h5-10,12,16,20H,11H2,1-4H3/t16-/m0/s1. The zero-order chi connectivity index (χ0) is 20.5. The first-order chi connectivity index (χ1) is 13.3. The van der Waals surface area contributed by atoms with E-state index in [0.29, 0.717) is 0 Å². The Labute approximate surface area is 168 Å². The third-order valence-corrected chi connectivity index (χ3v) is 7.16. The van der Waals surface area contributed by atoms with E-state index in [9.17, 15) is 13.2 Å². The number of thiophene rings is 1. The number of esters is 1. The van der Waals surface area contributed by atoms with E-state index in [2.05, 4.69) is 9.46 Å². The van der Waals surface area contributed by atoms with Crippen LogP contribution < -0.4 is 4.72 Å². The second-order valence-electron chi connectivity index (χ2n) is 6.65. The minimum absolute atomic E-state index is 0.0558. The Balaban J connectivity index is 1.90. The number of sulfonamides is 1. The van der Waals surface area contributed by atoms with E-state index in [-0.39, 0.29) is 22.4 Å². The lowest BCUT2D eigenvalue weighted by molar-refractivity contribution is 0.0602. The predicted molar refractivity (Wildman–Crippen MR) is 110 cm³/mol. The third kappa shape index (κ3) is 3.83. The second kappa shape index (κ2) is 8.04. The fourth-order valence-electron chi connectivity index (χ4n) is 3.23. The van der Waals surface area contributed by atoms with Crippen molar-refractivity contribution in [2.45, 2.75) is 10.9 Å². The van der Waals surface area contributed by atoms with Crippen molar-refractivity contribution in [1.82, 2.24) is 14.2 Å². The molecule has 2 heterocycles. The summed E-state index contributed by atoms with van der Waals surface area (Å²) >= 11 is 1.04. The van der Waals surface area contributed by atoms with E-state index < -0.39 is 16.0 Å². The number of hydrogen-bond donors (Lipinski definition) is 1. The molecule has 0 spiro atoms. The summed E-state index contributed by atoms with van der Waals surface area (Å²) in [5, 5.41) is 2.64. The van der Waals surface area contributed by atoms with Crippen molar-refractivity contribution in [3.05, 3.63) is 52.3 Å². The maximum Gasteiger partial charge on any atom is 0.349 e. The van der Waals surface area contributed by atoms with Gasteiger partial charge in [0.15, 0.2) is 0 Å². The van der Waals surface area contributed by atoms with Crippen molar-refractivity contribution in [2.24, 2.45) is 7.05 Å². The highest BCUT2D eigenvalue weighted by atomic mass is 32.2. The molecule has 150 valence electrons. The molecule has 0 unspecified atom stereocenters. The number of aryl methyl sites for hydroxylation is 1. The number of hydrogen-bond acceptors (Lipinski definition) is 6. The van der Waals surface area contributed by atoms with Crippen LogP contribution in [0.25, 0.3) is 10.9 Å². The fraction of sp³-hybridized carbons (Fsp3) is 0.316. The smallest absolute Gasteiger partial charge is 0.349 e. The Morgan fingerprint density at radius 2 is 2.00 bits per heavy atom. The first kappa shape index (κ1) is 20.5. The number of benzene rings is 1. The largest absolute Gasteiger partial charge is 0.465 e. The minimum atomic E-state index is -3.86. The zero-order valence-corrected chi connectivity index (χ0v) is 17.8. The van der Waals surface area contributed by atoms with Gasteiger partial charge in [-0.05, 0) is 37.2 Å². The van der Waals surface area contributed by atoms with Gasteiger partial charge in [-0.25, -0.2) is 17.9 Å². The summed E-state index contributed by atoms with van der Waals surface area (Å²) in [6.07, 6.45) is 2.02. The monoisotopic (exact) mass is 421 g/mol. The van der Waals surface area contributed by atoms with Crippen molar-refractivity contribution in [3.8, 4) is 0 Å². The molecule has 0 bridgehead atoms. The molecule has 2 aromatic heterocycles. The van der Waals surface area contributed by atoms with Crippen LogP contribution >= 0.6 is 11.3 Å². The highest BCUT2D eigenvalue weighted by Gasteiger charge is 2.27. The Hall–Kier alpha value is -2.20. The van der Waals surface area contributed by atoms with Crippen LogP contribution in [0.1, 0.15) is 21.3 Å². The van der Waals surface area contributed by atoms with E-state index in [1.54, 1.807) is 5.38 Å². The van der Waals surface area contributed by atoms with Gasteiger partial charge in [-0.2, -0.15) is 0 Å². The van der Waals surface area contributed by atoms with Crippen molar-refractivity contribution < 1.29 is 17.9 Å². The van der Waals surface area contributed by atoms with Crippen LogP contribution in [-0.2, 0) is 21.8 Å². The number of rotatable bonds is 7. The highest BCUT2D eigenvalue weighted by Crippen LogP contribution is 2.29. The molecular weight excluding hydrogens is 398 g/mol. The average molecular weight is 422 g/mol. The van der Waals surface area contributed by atoms with Crippen LogP contribution in [0.2, 0.25) is 0 Å². The van der Waals surface area contributed by atoms with Crippen molar-refractivity contribution in [2.75, 3.05) is 27.7 Å². The molecule has 0 fully saturated rings. The Morgan fingerprint density at radius 1 is 1.29 bits per heavy atom. The number of nitrogens with zero attached hydrogens (tertiary/aromatic N) is 2. The molecule has 0 saturated heterocycles. The molecule has 0 saturated carbocycles. The Morgan fingerprint density at radius 3 is 2.68 bits per heavy atom. The lowest BCUT2D eigenvalue weighted by Crippen LogP contribution is -2.34. The van der Waals surface area contributed by atoms with E-state index in [1.165, 1.54) is 13.2 Å². The third-order valence-electron chi connectivity index (χ3n) is 4.67. The molecule has 0 amide bonds. The first-order valence-electron chi connectivity index (χ1n) is 8.62. The number of ether oxygens (including phenoxy) is 1. The van der Waals surface area contributed by atoms with Gasteiger partial charge in [-0.3, -0.25) is 0 Å². The molecule has 3 rings (SSSR count). The van der Waals surface area contributed by atoms with Gasteiger partial charge in [0.2, 0.25) is 10.0 Å². The molecule has 0 aliphatic carbocycles. The Kier molecular flexibility index (Phi) is 5.90. The maximum absolute atomic E-state index is 12.8.